The minimum absolute atomic E-state index is 0.0499. The number of nitrogens with one attached hydrogen (secondary N) is 1. The van der Waals surface area contributed by atoms with Crippen molar-refractivity contribution in [2.45, 2.75) is 18.9 Å². The molecule has 10 nitrogen and oxygen atoms in total. The molecule has 1 fully saturated rings. The number of carbonyl (C=O) groups is 3. The summed E-state index contributed by atoms with van der Waals surface area (Å²) in [7, 11) is 1.23. The fraction of sp³-hybridized carbons (Fsp3) is 0.250. The van der Waals surface area contributed by atoms with Crippen molar-refractivity contribution < 1.29 is 28.8 Å². The monoisotopic (exact) mass is 481 g/mol. The Balaban J connectivity index is 1.82. The zero-order valence-corrected chi connectivity index (χ0v) is 18.2. The van der Waals surface area contributed by atoms with E-state index in [9.17, 15) is 24.5 Å². The van der Waals surface area contributed by atoms with E-state index in [0.29, 0.717) is 19.4 Å². The number of anilines is 1. The Kier molecular flexibility index (Phi) is 7.16. The lowest BCUT2D eigenvalue weighted by molar-refractivity contribution is -0.384. The first-order chi connectivity index (χ1) is 15.2. The molecule has 2 amide bonds. The van der Waals surface area contributed by atoms with Crippen LogP contribution in [-0.2, 0) is 9.53 Å². The Labute approximate surface area is 192 Å². The zero-order chi connectivity index (χ0) is 23.4. The number of hydrogen-bond acceptors (Lipinski definition) is 7. The predicted octanol–water partition coefficient (Wildman–Crippen LogP) is 4.29. The van der Waals surface area contributed by atoms with Crippen LogP contribution in [-0.4, -0.2) is 47.5 Å². The molecule has 1 unspecified atom stereocenters. The molecule has 0 radical (unpaired) electrons. The molecule has 12 heteroatoms. The van der Waals surface area contributed by atoms with Crippen molar-refractivity contribution in [1.82, 2.24) is 4.90 Å². The zero-order valence-electron chi connectivity index (χ0n) is 16.7. The molecule has 1 aliphatic heterocycles. The molecular formula is C20H17Cl2N3O7. The van der Waals surface area contributed by atoms with Crippen molar-refractivity contribution in [3.8, 4) is 5.75 Å². The molecule has 2 aromatic carbocycles. The number of methoxy groups -OCH3 is 1. The van der Waals surface area contributed by atoms with Gasteiger partial charge >= 0.3 is 12.1 Å². The number of ether oxygens (including phenoxy) is 2. The van der Waals surface area contributed by atoms with Crippen LogP contribution in [0.25, 0.3) is 0 Å². The van der Waals surface area contributed by atoms with Crippen LogP contribution in [0.3, 0.4) is 0 Å². The number of benzene rings is 2. The lowest BCUT2D eigenvalue weighted by Gasteiger charge is -2.22. The summed E-state index contributed by atoms with van der Waals surface area (Å²) in [5, 5.41) is 13.5. The number of esters is 1. The Morgan fingerprint density at radius 1 is 1.19 bits per heavy atom. The number of likely N-dealkylation sites (tertiary alicyclic amines) is 1. The van der Waals surface area contributed by atoms with Crippen LogP contribution < -0.4 is 10.1 Å². The van der Waals surface area contributed by atoms with Gasteiger partial charge in [-0.25, -0.2) is 9.59 Å². The van der Waals surface area contributed by atoms with Gasteiger partial charge in [0.15, 0.2) is 0 Å². The van der Waals surface area contributed by atoms with Crippen molar-refractivity contribution in [3.63, 3.8) is 0 Å². The second-order valence-corrected chi connectivity index (χ2v) is 7.60. The van der Waals surface area contributed by atoms with Gasteiger partial charge in [-0.1, -0.05) is 23.2 Å². The van der Waals surface area contributed by atoms with Gasteiger partial charge in [-0.3, -0.25) is 19.8 Å². The van der Waals surface area contributed by atoms with Gasteiger partial charge in [-0.2, -0.15) is 0 Å². The van der Waals surface area contributed by atoms with E-state index in [1.54, 1.807) is 0 Å². The number of carbonyl (C=O) groups excluding carboxylic acids is 3. The van der Waals surface area contributed by atoms with E-state index in [0.717, 1.165) is 6.07 Å². The lowest BCUT2D eigenvalue weighted by Crippen LogP contribution is -2.42. The van der Waals surface area contributed by atoms with Crippen LogP contribution in [0.15, 0.2) is 36.4 Å². The summed E-state index contributed by atoms with van der Waals surface area (Å²) in [5.41, 5.74) is -0.199. The number of nitro benzene ring substituents is 1. The van der Waals surface area contributed by atoms with Crippen molar-refractivity contribution in [3.05, 3.63) is 62.1 Å². The minimum atomic E-state index is -0.817. The minimum Gasteiger partial charge on any atom is -0.467 e. The van der Waals surface area contributed by atoms with Crippen LogP contribution in [0.4, 0.5) is 16.2 Å². The largest absolute Gasteiger partial charge is 0.467 e. The van der Waals surface area contributed by atoms with Gasteiger partial charge in [-0.15, -0.1) is 0 Å². The fourth-order valence-electron chi connectivity index (χ4n) is 3.20. The number of non-ortho nitro benzene ring substituents is 1. The smallest absolute Gasteiger partial charge is 0.416 e. The summed E-state index contributed by atoms with van der Waals surface area (Å²) in [6, 6.07) is 6.85. The van der Waals surface area contributed by atoms with Gasteiger partial charge in [0.2, 0.25) is 0 Å². The van der Waals surface area contributed by atoms with Crippen LogP contribution in [0.2, 0.25) is 10.0 Å². The van der Waals surface area contributed by atoms with Gasteiger partial charge in [-0.05, 0) is 37.1 Å². The third kappa shape index (κ3) is 5.09. The Bertz CT molecular complexity index is 1090. The molecule has 32 heavy (non-hydrogen) atoms. The fourth-order valence-corrected chi connectivity index (χ4v) is 3.59. The van der Waals surface area contributed by atoms with E-state index in [4.69, 9.17) is 32.7 Å². The second-order valence-electron chi connectivity index (χ2n) is 6.76. The van der Waals surface area contributed by atoms with Gasteiger partial charge in [0.05, 0.1) is 28.3 Å². The average Bonchev–Trinajstić information content (AvgIpc) is 3.25. The van der Waals surface area contributed by atoms with E-state index >= 15 is 0 Å². The molecule has 1 heterocycles. The molecular weight excluding hydrogens is 465 g/mol. The van der Waals surface area contributed by atoms with Crippen molar-refractivity contribution in [2.75, 3.05) is 19.0 Å². The summed E-state index contributed by atoms with van der Waals surface area (Å²) >= 11 is 12.0. The van der Waals surface area contributed by atoms with Gasteiger partial charge in [0, 0.05) is 23.7 Å². The third-order valence-corrected chi connectivity index (χ3v) is 5.30. The standard InChI is InChI=1S/C20H17Cl2N3O7/c1-31-19(27)16-3-2-8-24(16)20(28)32-17-7-4-11(21)9-13(17)18(26)23-15-6-5-12(25(29)30)10-14(15)22/h4-7,9-10,16H,2-3,8H2,1H3,(H,23,26). The van der Waals surface area contributed by atoms with Gasteiger partial charge in [0.25, 0.3) is 11.6 Å². The highest BCUT2D eigenvalue weighted by Crippen LogP contribution is 2.30. The van der Waals surface area contributed by atoms with Crippen molar-refractivity contribution in [1.29, 1.82) is 0 Å². The SMILES string of the molecule is COC(=O)C1CCCN1C(=O)Oc1ccc(Cl)cc1C(=O)Nc1ccc([N+](=O)[O-])cc1Cl. The second kappa shape index (κ2) is 9.84. The summed E-state index contributed by atoms with van der Waals surface area (Å²) in [4.78, 5) is 48.9. The van der Waals surface area contributed by atoms with E-state index in [-0.39, 0.29) is 32.7 Å². The molecule has 1 aliphatic rings. The van der Waals surface area contributed by atoms with Crippen LogP contribution in [0.1, 0.15) is 23.2 Å². The summed E-state index contributed by atoms with van der Waals surface area (Å²) < 4.78 is 10.1. The molecule has 0 aliphatic carbocycles. The Morgan fingerprint density at radius 3 is 2.59 bits per heavy atom. The maximum atomic E-state index is 12.8. The molecule has 3 rings (SSSR count). The van der Waals surface area contributed by atoms with Crippen LogP contribution in [0.5, 0.6) is 5.75 Å². The molecule has 1 atom stereocenters. The normalized spacial score (nSPS) is 15.2. The topological polar surface area (TPSA) is 128 Å². The first kappa shape index (κ1) is 23.3. The lowest BCUT2D eigenvalue weighted by atomic mass is 10.1. The number of nitrogens with zero attached hydrogens (tertiary/aromatic N) is 2. The first-order valence-electron chi connectivity index (χ1n) is 9.32. The van der Waals surface area contributed by atoms with Crippen molar-refractivity contribution >= 4 is 52.5 Å². The Hall–Kier alpha value is -3.37. The van der Waals surface area contributed by atoms with E-state index in [1.165, 1.54) is 42.3 Å². The van der Waals surface area contributed by atoms with E-state index in [2.05, 4.69) is 5.32 Å². The first-order valence-corrected chi connectivity index (χ1v) is 10.1. The average molecular weight is 482 g/mol. The molecule has 1 N–H and O–H groups in total. The molecule has 168 valence electrons. The summed E-state index contributed by atoms with van der Waals surface area (Å²) in [6.45, 7) is 0.298. The van der Waals surface area contributed by atoms with E-state index in [1.807, 2.05) is 0 Å². The molecule has 1 saturated heterocycles. The Morgan fingerprint density at radius 2 is 1.94 bits per heavy atom. The quantitative estimate of drug-likeness (QED) is 0.383. The predicted molar refractivity (Wildman–Crippen MR) is 115 cm³/mol. The number of amides is 2. The van der Waals surface area contributed by atoms with Gasteiger partial charge in [0.1, 0.15) is 11.8 Å². The molecule has 0 spiro atoms. The number of hydrogen-bond donors (Lipinski definition) is 1. The molecule has 0 bridgehead atoms. The van der Waals surface area contributed by atoms with Crippen LogP contribution in [0, 0.1) is 10.1 Å². The highest BCUT2D eigenvalue weighted by molar-refractivity contribution is 6.34. The highest BCUT2D eigenvalue weighted by Gasteiger charge is 2.36. The summed E-state index contributed by atoms with van der Waals surface area (Å²) in [6.07, 6.45) is 0.221. The molecule has 0 saturated carbocycles. The summed E-state index contributed by atoms with van der Waals surface area (Å²) in [5.74, 6) is -1.36. The third-order valence-electron chi connectivity index (χ3n) is 4.76. The van der Waals surface area contributed by atoms with Gasteiger partial charge < -0.3 is 14.8 Å². The molecule has 0 aromatic heterocycles. The maximum Gasteiger partial charge on any atom is 0.416 e. The number of halogens is 2. The highest BCUT2D eigenvalue weighted by atomic mass is 35.5. The van der Waals surface area contributed by atoms with Crippen molar-refractivity contribution in [2.24, 2.45) is 0 Å². The maximum absolute atomic E-state index is 12.8. The number of rotatable bonds is 5. The van der Waals surface area contributed by atoms with Crippen LogP contribution >= 0.6 is 23.2 Å². The number of nitro groups is 1. The van der Waals surface area contributed by atoms with E-state index < -0.39 is 28.9 Å². The molecule has 2 aromatic rings.